The standard InChI is InChI=1S/C6H9NOS/c8-6(4-9)5-1-2-7-3-5/h1-3,6-9H,4H2. The van der Waals surface area contributed by atoms with Crippen LogP contribution in [0.25, 0.3) is 0 Å². The van der Waals surface area contributed by atoms with E-state index in [-0.39, 0.29) is 0 Å². The summed E-state index contributed by atoms with van der Waals surface area (Å²) in [6.07, 6.45) is 3.11. The Labute approximate surface area is 59.3 Å². The van der Waals surface area contributed by atoms with Gasteiger partial charge in [-0.2, -0.15) is 12.6 Å². The normalized spacial score (nSPS) is 13.6. The van der Waals surface area contributed by atoms with E-state index < -0.39 is 6.10 Å². The van der Waals surface area contributed by atoms with Gasteiger partial charge in [-0.15, -0.1) is 0 Å². The molecule has 2 nitrogen and oxygen atoms in total. The summed E-state index contributed by atoms with van der Waals surface area (Å²) in [4.78, 5) is 2.85. The Hall–Kier alpha value is -0.410. The molecule has 1 unspecified atom stereocenters. The summed E-state index contributed by atoms with van der Waals surface area (Å²) in [5, 5.41) is 9.12. The highest BCUT2D eigenvalue weighted by Gasteiger charge is 2.02. The van der Waals surface area contributed by atoms with E-state index in [1.54, 1.807) is 12.4 Å². The summed E-state index contributed by atoms with van der Waals surface area (Å²) in [6.45, 7) is 0. The molecule has 1 aromatic heterocycles. The number of aliphatic hydroxyl groups excluding tert-OH is 1. The van der Waals surface area contributed by atoms with Crippen LogP contribution >= 0.6 is 12.6 Å². The van der Waals surface area contributed by atoms with Gasteiger partial charge in [0.2, 0.25) is 0 Å². The maximum absolute atomic E-state index is 9.12. The average molecular weight is 143 g/mol. The molecule has 0 saturated carbocycles. The molecule has 0 aliphatic carbocycles. The smallest absolute Gasteiger partial charge is 0.0892 e. The highest BCUT2D eigenvalue weighted by Crippen LogP contribution is 2.11. The fourth-order valence-corrected chi connectivity index (χ4v) is 0.860. The predicted molar refractivity (Wildman–Crippen MR) is 39.6 cm³/mol. The molecule has 0 amide bonds. The zero-order valence-electron chi connectivity index (χ0n) is 4.91. The number of thiol groups is 1. The van der Waals surface area contributed by atoms with E-state index in [0.717, 1.165) is 5.56 Å². The number of rotatable bonds is 2. The van der Waals surface area contributed by atoms with Crippen molar-refractivity contribution in [1.82, 2.24) is 4.98 Å². The van der Waals surface area contributed by atoms with Crippen LogP contribution in [-0.2, 0) is 0 Å². The molecule has 0 aliphatic heterocycles. The maximum atomic E-state index is 9.12. The highest BCUT2D eigenvalue weighted by molar-refractivity contribution is 7.80. The molecule has 2 N–H and O–H groups in total. The molecule has 0 aromatic carbocycles. The van der Waals surface area contributed by atoms with E-state index in [4.69, 9.17) is 5.11 Å². The first-order chi connectivity index (χ1) is 4.34. The minimum absolute atomic E-state index is 0.431. The van der Waals surface area contributed by atoms with Crippen LogP contribution < -0.4 is 0 Å². The van der Waals surface area contributed by atoms with Gasteiger partial charge in [-0.1, -0.05) is 0 Å². The van der Waals surface area contributed by atoms with Crippen molar-refractivity contribution in [2.75, 3.05) is 5.75 Å². The molecule has 0 spiro atoms. The van der Waals surface area contributed by atoms with Gasteiger partial charge in [0.25, 0.3) is 0 Å². The van der Waals surface area contributed by atoms with Crippen molar-refractivity contribution < 1.29 is 5.11 Å². The second-order valence-electron chi connectivity index (χ2n) is 1.84. The number of H-pyrrole nitrogens is 1. The number of nitrogens with one attached hydrogen (secondary N) is 1. The van der Waals surface area contributed by atoms with Gasteiger partial charge >= 0.3 is 0 Å². The molecule has 9 heavy (non-hydrogen) atoms. The first kappa shape index (κ1) is 6.71. The number of aromatic nitrogens is 1. The van der Waals surface area contributed by atoms with Crippen LogP contribution in [0, 0.1) is 0 Å². The number of aromatic amines is 1. The number of hydrogen-bond acceptors (Lipinski definition) is 2. The van der Waals surface area contributed by atoms with Gasteiger partial charge in [-0.3, -0.25) is 0 Å². The molecule has 1 heterocycles. The monoisotopic (exact) mass is 143 g/mol. The fourth-order valence-electron chi connectivity index (χ4n) is 0.649. The Kier molecular flexibility index (Phi) is 2.19. The highest BCUT2D eigenvalue weighted by atomic mass is 32.1. The summed E-state index contributed by atoms with van der Waals surface area (Å²) < 4.78 is 0. The van der Waals surface area contributed by atoms with E-state index in [2.05, 4.69) is 17.6 Å². The predicted octanol–water partition coefficient (Wildman–Crippen LogP) is 0.978. The van der Waals surface area contributed by atoms with Crippen molar-refractivity contribution in [3.63, 3.8) is 0 Å². The summed E-state index contributed by atoms with van der Waals surface area (Å²) in [5.41, 5.74) is 0.894. The molecular weight excluding hydrogens is 134 g/mol. The molecule has 0 fully saturated rings. The lowest BCUT2D eigenvalue weighted by Crippen LogP contribution is -1.95. The van der Waals surface area contributed by atoms with Gasteiger partial charge in [-0.05, 0) is 11.6 Å². The quantitative estimate of drug-likeness (QED) is 0.530. The van der Waals surface area contributed by atoms with Crippen molar-refractivity contribution in [3.05, 3.63) is 24.0 Å². The molecule has 50 valence electrons. The topological polar surface area (TPSA) is 36.0 Å². The number of aliphatic hydroxyl groups is 1. The Morgan fingerprint density at radius 3 is 3.00 bits per heavy atom. The minimum Gasteiger partial charge on any atom is -0.388 e. The van der Waals surface area contributed by atoms with Crippen molar-refractivity contribution in [3.8, 4) is 0 Å². The van der Waals surface area contributed by atoms with Gasteiger partial charge in [0.1, 0.15) is 0 Å². The van der Waals surface area contributed by atoms with Crippen LogP contribution in [0.4, 0.5) is 0 Å². The van der Waals surface area contributed by atoms with Crippen LogP contribution in [0.3, 0.4) is 0 Å². The van der Waals surface area contributed by atoms with E-state index in [1.165, 1.54) is 0 Å². The van der Waals surface area contributed by atoms with Crippen molar-refractivity contribution in [2.45, 2.75) is 6.10 Å². The SMILES string of the molecule is OC(CS)c1cc[nH]c1. The fraction of sp³-hybridized carbons (Fsp3) is 0.333. The first-order valence-electron chi connectivity index (χ1n) is 2.76. The first-order valence-corrected chi connectivity index (χ1v) is 3.39. The Balaban J connectivity index is 2.65. The Morgan fingerprint density at radius 2 is 2.56 bits per heavy atom. The number of hydrogen-bond donors (Lipinski definition) is 3. The van der Waals surface area contributed by atoms with Gasteiger partial charge in [0.15, 0.2) is 0 Å². The second kappa shape index (κ2) is 2.94. The third-order valence-electron chi connectivity index (χ3n) is 1.18. The van der Waals surface area contributed by atoms with E-state index in [9.17, 15) is 0 Å². The van der Waals surface area contributed by atoms with Crippen LogP contribution in [-0.4, -0.2) is 15.8 Å². The Morgan fingerprint density at radius 1 is 1.78 bits per heavy atom. The van der Waals surface area contributed by atoms with E-state index >= 15 is 0 Å². The zero-order chi connectivity index (χ0) is 6.69. The summed E-state index contributed by atoms with van der Waals surface area (Å²) >= 11 is 3.94. The average Bonchev–Trinajstić information content (AvgIpc) is 2.37. The lowest BCUT2D eigenvalue weighted by Gasteiger charge is -2.01. The molecule has 0 radical (unpaired) electrons. The van der Waals surface area contributed by atoms with Crippen LogP contribution in [0.1, 0.15) is 11.7 Å². The minimum atomic E-state index is -0.431. The third kappa shape index (κ3) is 1.50. The third-order valence-corrected chi connectivity index (χ3v) is 1.53. The molecule has 1 atom stereocenters. The van der Waals surface area contributed by atoms with Crippen molar-refractivity contribution >= 4 is 12.6 Å². The van der Waals surface area contributed by atoms with Gasteiger partial charge in [0, 0.05) is 18.1 Å². The largest absolute Gasteiger partial charge is 0.388 e. The lowest BCUT2D eigenvalue weighted by molar-refractivity contribution is 0.204. The molecule has 1 aromatic rings. The van der Waals surface area contributed by atoms with Gasteiger partial charge in [0.05, 0.1) is 6.10 Å². The second-order valence-corrected chi connectivity index (χ2v) is 2.21. The molecule has 0 aliphatic rings. The summed E-state index contributed by atoms with van der Waals surface area (Å²) in [5.74, 6) is 0.470. The maximum Gasteiger partial charge on any atom is 0.0892 e. The van der Waals surface area contributed by atoms with E-state index in [1.807, 2.05) is 6.07 Å². The van der Waals surface area contributed by atoms with Crippen LogP contribution in [0.15, 0.2) is 18.5 Å². The van der Waals surface area contributed by atoms with E-state index in [0.29, 0.717) is 5.75 Å². The van der Waals surface area contributed by atoms with Crippen LogP contribution in [0.5, 0.6) is 0 Å². The van der Waals surface area contributed by atoms with Gasteiger partial charge in [-0.25, -0.2) is 0 Å². The lowest BCUT2D eigenvalue weighted by atomic mass is 10.2. The zero-order valence-corrected chi connectivity index (χ0v) is 5.81. The molecular formula is C6H9NOS. The Bertz CT molecular complexity index is 162. The molecule has 3 heteroatoms. The summed E-state index contributed by atoms with van der Waals surface area (Å²) in [7, 11) is 0. The van der Waals surface area contributed by atoms with Gasteiger partial charge < -0.3 is 10.1 Å². The van der Waals surface area contributed by atoms with Crippen LogP contribution in [0.2, 0.25) is 0 Å². The summed E-state index contributed by atoms with van der Waals surface area (Å²) in [6, 6.07) is 1.83. The molecule has 0 bridgehead atoms. The van der Waals surface area contributed by atoms with Crippen molar-refractivity contribution in [1.29, 1.82) is 0 Å². The molecule has 0 saturated heterocycles. The van der Waals surface area contributed by atoms with Crippen molar-refractivity contribution in [2.24, 2.45) is 0 Å². The molecule has 1 rings (SSSR count).